The van der Waals surface area contributed by atoms with Gasteiger partial charge in [-0.2, -0.15) is 0 Å². The lowest BCUT2D eigenvalue weighted by atomic mass is 9.79. The molecule has 0 fully saturated rings. The fourth-order valence-corrected chi connectivity index (χ4v) is 4.54. The van der Waals surface area contributed by atoms with Gasteiger partial charge in [-0.25, -0.2) is 0 Å². The Kier molecular flexibility index (Phi) is 8.39. The molecule has 0 radical (unpaired) electrons. The highest BCUT2D eigenvalue weighted by molar-refractivity contribution is 6.02. The van der Waals surface area contributed by atoms with Gasteiger partial charge in [-0.15, -0.1) is 0 Å². The Labute approximate surface area is 201 Å². The summed E-state index contributed by atoms with van der Waals surface area (Å²) in [5, 5.41) is 3.10. The first-order valence-corrected chi connectivity index (χ1v) is 11.6. The minimum absolute atomic E-state index is 0.138. The van der Waals surface area contributed by atoms with Gasteiger partial charge in [0, 0.05) is 25.7 Å². The van der Waals surface area contributed by atoms with Gasteiger partial charge in [0.05, 0.1) is 33.3 Å². The van der Waals surface area contributed by atoms with Crippen LogP contribution in [0.2, 0.25) is 0 Å². The minimum Gasteiger partial charge on any atom is -0.497 e. The van der Waals surface area contributed by atoms with E-state index in [-0.39, 0.29) is 11.8 Å². The first kappa shape index (κ1) is 25.4. The number of likely N-dealkylation sites (N-methyl/N-ethyl adjacent to an activating group) is 2. The summed E-state index contributed by atoms with van der Waals surface area (Å²) in [7, 11) is 6.40. The Bertz CT molecular complexity index is 1000. The van der Waals surface area contributed by atoms with Gasteiger partial charge in [-0.1, -0.05) is 26.0 Å². The SMILES string of the molecule is CCN(CC)CCNC(=O)[C@H]1c2cc(OC)c(OC)cc2C(=O)N(C)[C@@H]1c1ccc(OC)cc1. The molecule has 0 spiro atoms. The van der Waals surface area contributed by atoms with E-state index in [1.165, 1.54) is 7.11 Å². The number of amides is 2. The highest BCUT2D eigenvalue weighted by Gasteiger charge is 2.43. The van der Waals surface area contributed by atoms with Crippen LogP contribution in [0.4, 0.5) is 0 Å². The van der Waals surface area contributed by atoms with Crippen molar-refractivity contribution in [2.24, 2.45) is 0 Å². The lowest BCUT2D eigenvalue weighted by molar-refractivity contribution is -0.124. The third-order valence-corrected chi connectivity index (χ3v) is 6.54. The molecular formula is C26H35N3O5. The number of hydrogen-bond donors (Lipinski definition) is 1. The van der Waals surface area contributed by atoms with Gasteiger partial charge in [0.2, 0.25) is 5.91 Å². The van der Waals surface area contributed by atoms with Crippen molar-refractivity contribution in [1.82, 2.24) is 15.1 Å². The van der Waals surface area contributed by atoms with Crippen molar-refractivity contribution in [3.8, 4) is 17.2 Å². The van der Waals surface area contributed by atoms with Crippen LogP contribution in [0.5, 0.6) is 17.2 Å². The molecule has 0 unspecified atom stereocenters. The normalized spacial score (nSPS) is 17.4. The number of methoxy groups -OCH3 is 3. The largest absolute Gasteiger partial charge is 0.497 e. The molecule has 1 aliphatic heterocycles. The number of nitrogens with zero attached hydrogens (tertiary/aromatic N) is 2. The van der Waals surface area contributed by atoms with Gasteiger partial charge < -0.3 is 29.3 Å². The molecule has 1 heterocycles. The smallest absolute Gasteiger partial charge is 0.254 e. The zero-order chi connectivity index (χ0) is 24.8. The maximum atomic E-state index is 13.7. The number of rotatable bonds is 10. The number of nitrogens with one attached hydrogen (secondary N) is 1. The summed E-state index contributed by atoms with van der Waals surface area (Å²) < 4.78 is 16.2. The van der Waals surface area contributed by atoms with Gasteiger partial charge in [-0.05, 0) is 48.5 Å². The van der Waals surface area contributed by atoms with Gasteiger partial charge in [0.15, 0.2) is 11.5 Å². The summed E-state index contributed by atoms with van der Waals surface area (Å²) in [5.74, 6) is 0.701. The van der Waals surface area contributed by atoms with E-state index < -0.39 is 12.0 Å². The Morgan fingerprint density at radius 1 is 1.00 bits per heavy atom. The maximum absolute atomic E-state index is 13.7. The molecule has 2 aromatic carbocycles. The molecule has 8 nitrogen and oxygen atoms in total. The Morgan fingerprint density at radius 3 is 2.18 bits per heavy atom. The third-order valence-electron chi connectivity index (χ3n) is 6.54. The van der Waals surface area contributed by atoms with Gasteiger partial charge >= 0.3 is 0 Å². The number of benzene rings is 2. The molecule has 0 aliphatic carbocycles. The molecule has 184 valence electrons. The molecular weight excluding hydrogens is 434 g/mol. The summed E-state index contributed by atoms with van der Waals surface area (Å²) >= 11 is 0. The second kappa shape index (κ2) is 11.2. The molecule has 3 rings (SSSR count). The Balaban J connectivity index is 2.06. The Hall–Kier alpha value is -3.26. The number of hydrogen-bond acceptors (Lipinski definition) is 6. The lowest BCUT2D eigenvalue weighted by Crippen LogP contribution is -2.46. The zero-order valence-electron chi connectivity index (χ0n) is 20.9. The predicted octanol–water partition coefficient (Wildman–Crippen LogP) is 3.08. The van der Waals surface area contributed by atoms with Crippen LogP contribution in [0.3, 0.4) is 0 Å². The van der Waals surface area contributed by atoms with Crippen LogP contribution >= 0.6 is 0 Å². The van der Waals surface area contributed by atoms with Crippen molar-refractivity contribution in [2.45, 2.75) is 25.8 Å². The highest BCUT2D eigenvalue weighted by Crippen LogP contribution is 2.45. The van der Waals surface area contributed by atoms with Gasteiger partial charge in [-0.3, -0.25) is 9.59 Å². The lowest BCUT2D eigenvalue weighted by Gasteiger charge is -2.40. The summed E-state index contributed by atoms with van der Waals surface area (Å²) in [4.78, 5) is 31.0. The van der Waals surface area contributed by atoms with Crippen molar-refractivity contribution < 1.29 is 23.8 Å². The first-order chi connectivity index (χ1) is 16.4. The fraction of sp³-hybridized carbons (Fsp3) is 0.462. The average Bonchev–Trinajstić information content (AvgIpc) is 2.87. The van der Waals surface area contributed by atoms with E-state index >= 15 is 0 Å². The monoisotopic (exact) mass is 469 g/mol. The molecule has 34 heavy (non-hydrogen) atoms. The molecule has 2 aromatic rings. The first-order valence-electron chi connectivity index (χ1n) is 11.6. The number of fused-ring (bicyclic) bond motifs is 1. The van der Waals surface area contributed by atoms with Crippen LogP contribution in [0, 0.1) is 0 Å². The maximum Gasteiger partial charge on any atom is 0.254 e. The van der Waals surface area contributed by atoms with E-state index in [0.29, 0.717) is 34.9 Å². The fourth-order valence-electron chi connectivity index (χ4n) is 4.54. The van der Waals surface area contributed by atoms with Crippen molar-refractivity contribution in [1.29, 1.82) is 0 Å². The molecule has 8 heteroatoms. The zero-order valence-corrected chi connectivity index (χ0v) is 20.9. The van der Waals surface area contributed by atoms with Crippen molar-refractivity contribution in [3.05, 3.63) is 53.1 Å². The van der Waals surface area contributed by atoms with Gasteiger partial charge in [0.1, 0.15) is 5.75 Å². The number of ether oxygens (including phenoxy) is 3. The summed E-state index contributed by atoms with van der Waals surface area (Å²) in [5.41, 5.74) is 1.91. The second-order valence-corrected chi connectivity index (χ2v) is 8.22. The molecule has 2 atom stereocenters. The van der Waals surface area contributed by atoms with Crippen LogP contribution in [-0.4, -0.2) is 76.2 Å². The van der Waals surface area contributed by atoms with Crippen molar-refractivity contribution in [2.75, 3.05) is 54.6 Å². The van der Waals surface area contributed by atoms with Crippen LogP contribution in [-0.2, 0) is 4.79 Å². The topological polar surface area (TPSA) is 80.3 Å². The minimum atomic E-state index is -0.623. The van der Waals surface area contributed by atoms with E-state index in [2.05, 4.69) is 24.1 Å². The van der Waals surface area contributed by atoms with Crippen LogP contribution < -0.4 is 19.5 Å². The van der Waals surface area contributed by atoms with E-state index in [0.717, 1.165) is 25.2 Å². The van der Waals surface area contributed by atoms with Crippen molar-refractivity contribution in [3.63, 3.8) is 0 Å². The molecule has 2 amide bonds. The number of carbonyl (C=O) groups excluding carboxylic acids is 2. The summed E-state index contributed by atoms with van der Waals surface area (Å²) in [6, 6.07) is 10.4. The van der Waals surface area contributed by atoms with E-state index in [1.807, 2.05) is 24.3 Å². The molecule has 0 saturated heterocycles. The van der Waals surface area contributed by atoms with Crippen LogP contribution in [0.15, 0.2) is 36.4 Å². The van der Waals surface area contributed by atoms with Crippen molar-refractivity contribution >= 4 is 11.8 Å². The Morgan fingerprint density at radius 2 is 1.62 bits per heavy atom. The van der Waals surface area contributed by atoms with Gasteiger partial charge in [0.25, 0.3) is 5.91 Å². The predicted molar refractivity (Wildman–Crippen MR) is 131 cm³/mol. The average molecular weight is 470 g/mol. The standard InChI is InChI=1S/C26H35N3O5/c1-7-29(8-2)14-13-27-25(30)23-19-15-21(33-5)22(34-6)16-20(19)26(31)28(3)24(23)17-9-11-18(32-4)12-10-17/h9-12,15-16,23-24H,7-8,13-14H2,1-6H3,(H,27,30)/t23-,24+/m0/s1. The molecule has 0 bridgehead atoms. The van der Waals surface area contributed by atoms with E-state index in [9.17, 15) is 9.59 Å². The van der Waals surface area contributed by atoms with Crippen LogP contribution in [0.25, 0.3) is 0 Å². The van der Waals surface area contributed by atoms with Crippen LogP contribution in [0.1, 0.15) is 47.3 Å². The molecule has 1 N–H and O–H groups in total. The third kappa shape index (κ3) is 4.97. The summed E-state index contributed by atoms with van der Waals surface area (Å²) in [6.07, 6.45) is 0. The second-order valence-electron chi connectivity index (χ2n) is 8.22. The van der Waals surface area contributed by atoms with E-state index in [1.54, 1.807) is 38.3 Å². The molecule has 0 saturated carbocycles. The summed E-state index contributed by atoms with van der Waals surface area (Å²) in [6.45, 7) is 7.31. The number of carbonyl (C=O) groups is 2. The molecule has 0 aromatic heterocycles. The van der Waals surface area contributed by atoms with E-state index in [4.69, 9.17) is 14.2 Å². The molecule has 1 aliphatic rings. The highest BCUT2D eigenvalue weighted by atomic mass is 16.5. The quantitative estimate of drug-likeness (QED) is 0.576.